The minimum Gasteiger partial charge on any atom is -0.378 e. The molecule has 7 heteroatoms. The summed E-state index contributed by atoms with van der Waals surface area (Å²) in [6.45, 7) is 2.91. The summed E-state index contributed by atoms with van der Waals surface area (Å²) in [4.78, 5) is 6.06. The molecule has 20 heavy (non-hydrogen) atoms. The average molecular weight is 397 g/mol. The number of nitrogens with zero attached hydrogens (tertiary/aromatic N) is 2. The molecule has 0 aliphatic carbocycles. The van der Waals surface area contributed by atoms with Crippen molar-refractivity contribution in [3.05, 3.63) is 35.4 Å². The number of nitrogens with two attached hydrogens (primary N) is 1. The zero-order valence-corrected chi connectivity index (χ0v) is 13.3. The van der Waals surface area contributed by atoms with Crippen LogP contribution in [0.25, 0.3) is 0 Å². The third kappa shape index (κ3) is 4.55. The highest BCUT2D eigenvalue weighted by molar-refractivity contribution is 14.0. The monoisotopic (exact) mass is 397 g/mol. The van der Waals surface area contributed by atoms with Crippen molar-refractivity contribution in [2.45, 2.75) is 6.42 Å². The van der Waals surface area contributed by atoms with Crippen LogP contribution in [0.4, 0.5) is 8.78 Å². The Morgan fingerprint density at radius 3 is 2.45 bits per heavy atom. The van der Waals surface area contributed by atoms with Crippen LogP contribution >= 0.6 is 24.0 Å². The quantitative estimate of drug-likeness (QED) is 0.481. The summed E-state index contributed by atoms with van der Waals surface area (Å²) < 4.78 is 32.0. The van der Waals surface area contributed by atoms with Gasteiger partial charge in [-0.1, -0.05) is 6.07 Å². The molecule has 1 aromatic carbocycles. The minimum absolute atomic E-state index is 0. The van der Waals surface area contributed by atoms with Gasteiger partial charge in [-0.2, -0.15) is 0 Å². The lowest BCUT2D eigenvalue weighted by Gasteiger charge is -2.27. The Labute approximate surface area is 134 Å². The second-order valence-electron chi connectivity index (χ2n) is 4.29. The van der Waals surface area contributed by atoms with Crippen LogP contribution in [0, 0.1) is 11.6 Å². The minimum atomic E-state index is -0.542. The predicted octanol–water partition coefficient (Wildman–Crippen LogP) is 1.77. The summed E-state index contributed by atoms with van der Waals surface area (Å²) in [7, 11) is 0. The molecule has 2 rings (SSSR count). The maximum Gasteiger partial charge on any atom is 0.191 e. The number of guanidine groups is 1. The largest absolute Gasteiger partial charge is 0.378 e. The number of hydrogen-bond donors (Lipinski definition) is 1. The van der Waals surface area contributed by atoms with Crippen LogP contribution in [-0.4, -0.2) is 43.7 Å². The zero-order valence-electron chi connectivity index (χ0n) is 11.0. The van der Waals surface area contributed by atoms with Crippen molar-refractivity contribution in [2.24, 2.45) is 10.7 Å². The number of morpholine rings is 1. The summed E-state index contributed by atoms with van der Waals surface area (Å²) in [6.07, 6.45) is 0.198. The maximum atomic E-state index is 13.4. The fraction of sp³-hybridized carbons (Fsp3) is 0.462. The van der Waals surface area contributed by atoms with Gasteiger partial charge < -0.3 is 15.4 Å². The predicted molar refractivity (Wildman–Crippen MR) is 84.4 cm³/mol. The topological polar surface area (TPSA) is 50.8 Å². The van der Waals surface area contributed by atoms with E-state index in [4.69, 9.17) is 10.5 Å². The molecule has 0 bridgehead atoms. The number of aliphatic imine (C=N–C) groups is 1. The molecule has 1 aromatic rings. The Bertz CT molecular complexity index is 445. The Hall–Kier alpha value is -0.960. The first-order valence-electron chi connectivity index (χ1n) is 6.24. The van der Waals surface area contributed by atoms with E-state index in [1.807, 2.05) is 4.90 Å². The second kappa shape index (κ2) is 8.35. The van der Waals surface area contributed by atoms with Crippen LogP contribution in [-0.2, 0) is 11.2 Å². The van der Waals surface area contributed by atoms with Gasteiger partial charge >= 0.3 is 0 Å². The van der Waals surface area contributed by atoms with Crippen molar-refractivity contribution in [1.29, 1.82) is 0 Å². The van der Waals surface area contributed by atoms with Gasteiger partial charge in [0.25, 0.3) is 0 Å². The Morgan fingerprint density at radius 1 is 1.25 bits per heavy atom. The van der Waals surface area contributed by atoms with E-state index < -0.39 is 11.6 Å². The highest BCUT2D eigenvalue weighted by Crippen LogP contribution is 2.12. The van der Waals surface area contributed by atoms with Gasteiger partial charge in [0.05, 0.1) is 13.2 Å². The lowest BCUT2D eigenvalue weighted by molar-refractivity contribution is 0.0674. The Balaban J connectivity index is 0.00000200. The molecular weight excluding hydrogens is 379 g/mol. The van der Waals surface area contributed by atoms with E-state index >= 15 is 0 Å². The summed E-state index contributed by atoms with van der Waals surface area (Å²) in [5, 5.41) is 0. The SMILES string of the molecule is I.NC(=NCCc1c(F)cccc1F)N1CCOCC1. The van der Waals surface area contributed by atoms with Gasteiger partial charge in [-0.15, -0.1) is 24.0 Å². The van der Waals surface area contributed by atoms with Crippen LogP contribution in [0.1, 0.15) is 5.56 Å². The molecule has 1 aliphatic heterocycles. The Kier molecular flexibility index (Phi) is 7.14. The maximum absolute atomic E-state index is 13.4. The number of ether oxygens (including phenoxy) is 1. The first kappa shape index (κ1) is 17.1. The lowest BCUT2D eigenvalue weighted by atomic mass is 10.1. The molecule has 1 heterocycles. The van der Waals surface area contributed by atoms with Gasteiger partial charge in [0, 0.05) is 25.2 Å². The number of halogens is 3. The average Bonchev–Trinajstić information content (AvgIpc) is 2.43. The van der Waals surface area contributed by atoms with Gasteiger partial charge in [-0.25, -0.2) is 8.78 Å². The van der Waals surface area contributed by atoms with Gasteiger partial charge in [0.15, 0.2) is 5.96 Å². The summed E-state index contributed by atoms with van der Waals surface area (Å²) in [5.74, 6) is -0.680. The molecule has 0 aromatic heterocycles. The normalized spacial score (nSPS) is 15.9. The summed E-state index contributed by atoms with van der Waals surface area (Å²) in [6, 6.07) is 3.83. The number of benzene rings is 1. The number of rotatable bonds is 3. The summed E-state index contributed by atoms with van der Waals surface area (Å²) >= 11 is 0. The summed E-state index contributed by atoms with van der Waals surface area (Å²) in [5.41, 5.74) is 5.88. The second-order valence-corrected chi connectivity index (χ2v) is 4.29. The van der Waals surface area contributed by atoms with Crippen LogP contribution < -0.4 is 5.73 Å². The molecule has 4 nitrogen and oxygen atoms in total. The van der Waals surface area contributed by atoms with E-state index in [2.05, 4.69) is 4.99 Å². The Morgan fingerprint density at radius 2 is 1.85 bits per heavy atom. The molecule has 0 unspecified atom stereocenters. The molecule has 0 atom stereocenters. The molecular formula is C13H18F2IN3O. The standard InChI is InChI=1S/C13H17F2N3O.HI/c14-11-2-1-3-12(15)10(11)4-5-17-13(16)18-6-8-19-9-7-18;/h1-3H,4-9H2,(H2,16,17);1H. The van der Waals surface area contributed by atoms with Crippen molar-refractivity contribution in [2.75, 3.05) is 32.8 Å². The lowest BCUT2D eigenvalue weighted by Crippen LogP contribution is -2.44. The molecule has 0 spiro atoms. The van der Waals surface area contributed by atoms with Crippen molar-refractivity contribution < 1.29 is 13.5 Å². The zero-order chi connectivity index (χ0) is 13.7. The van der Waals surface area contributed by atoms with Crippen molar-refractivity contribution in [3.8, 4) is 0 Å². The van der Waals surface area contributed by atoms with Crippen molar-refractivity contribution in [3.63, 3.8) is 0 Å². The van der Waals surface area contributed by atoms with Gasteiger partial charge in [-0.05, 0) is 18.6 Å². The van der Waals surface area contributed by atoms with E-state index in [0.717, 1.165) is 0 Å². The van der Waals surface area contributed by atoms with Crippen molar-refractivity contribution >= 4 is 29.9 Å². The third-order valence-corrected chi connectivity index (χ3v) is 3.03. The highest BCUT2D eigenvalue weighted by atomic mass is 127. The molecule has 0 saturated carbocycles. The fourth-order valence-electron chi connectivity index (χ4n) is 1.95. The molecule has 1 saturated heterocycles. The molecule has 112 valence electrons. The van der Waals surface area contributed by atoms with Crippen LogP contribution in [0.2, 0.25) is 0 Å². The molecule has 2 N–H and O–H groups in total. The van der Waals surface area contributed by atoms with Crippen LogP contribution in [0.3, 0.4) is 0 Å². The van der Waals surface area contributed by atoms with E-state index in [1.54, 1.807) is 0 Å². The van der Waals surface area contributed by atoms with E-state index in [1.165, 1.54) is 18.2 Å². The van der Waals surface area contributed by atoms with Crippen LogP contribution in [0.15, 0.2) is 23.2 Å². The number of hydrogen-bond acceptors (Lipinski definition) is 2. The van der Waals surface area contributed by atoms with E-state index in [0.29, 0.717) is 32.3 Å². The highest BCUT2D eigenvalue weighted by Gasteiger charge is 2.12. The van der Waals surface area contributed by atoms with Gasteiger partial charge in [0.2, 0.25) is 0 Å². The molecule has 0 amide bonds. The molecule has 0 radical (unpaired) electrons. The van der Waals surface area contributed by atoms with Crippen LogP contribution in [0.5, 0.6) is 0 Å². The first-order chi connectivity index (χ1) is 9.18. The third-order valence-electron chi connectivity index (χ3n) is 3.03. The molecule has 1 aliphatic rings. The smallest absolute Gasteiger partial charge is 0.191 e. The van der Waals surface area contributed by atoms with Gasteiger partial charge in [0.1, 0.15) is 11.6 Å². The van der Waals surface area contributed by atoms with Crippen molar-refractivity contribution in [1.82, 2.24) is 4.90 Å². The molecule has 1 fully saturated rings. The van der Waals surface area contributed by atoms with E-state index in [-0.39, 0.29) is 42.5 Å². The van der Waals surface area contributed by atoms with Gasteiger partial charge in [-0.3, -0.25) is 4.99 Å². The first-order valence-corrected chi connectivity index (χ1v) is 6.24. The van der Waals surface area contributed by atoms with E-state index in [9.17, 15) is 8.78 Å². The fourth-order valence-corrected chi connectivity index (χ4v) is 1.95.